The van der Waals surface area contributed by atoms with Gasteiger partial charge < -0.3 is 19.8 Å². The number of phosphoric ester groups is 1. The second-order valence-electron chi connectivity index (χ2n) is 15.7. The third kappa shape index (κ3) is 37.1. The van der Waals surface area contributed by atoms with Crippen molar-refractivity contribution < 1.29 is 32.9 Å². The molecule has 0 aliphatic rings. The van der Waals surface area contributed by atoms with Crippen LogP contribution in [0, 0.1) is 0 Å². The highest BCUT2D eigenvalue weighted by Gasteiger charge is 2.27. The number of hydrogen-bond acceptors (Lipinski definition) is 5. The predicted molar refractivity (Wildman–Crippen MR) is 221 cm³/mol. The van der Waals surface area contributed by atoms with Crippen molar-refractivity contribution in [2.75, 3.05) is 40.9 Å². The van der Waals surface area contributed by atoms with Crippen LogP contribution in [0.4, 0.5) is 0 Å². The molecule has 8 nitrogen and oxygen atoms in total. The largest absolute Gasteiger partial charge is 0.472 e. The molecular weight excluding hydrogens is 671 g/mol. The quantitative estimate of drug-likeness (QED) is 0.0251. The summed E-state index contributed by atoms with van der Waals surface area (Å²) in [4.78, 5) is 23.1. The molecule has 0 aliphatic heterocycles. The molecule has 9 heteroatoms. The SMILES string of the molecule is CCCCCCCC/C=C/CCCCCCCCCC(=O)N[C@@H](COP(=O)(O)OCC[N+](C)(C)C)[C@H](O)/C=C/CC/C=C/CCCCCCCCC. The van der Waals surface area contributed by atoms with Crippen LogP contribution in [0.1, 0.15) is 181 Å². The summed E-state index contributed by atoms with van der Waals surface area (Å²) in [6.45, 7) is 4.76. The van der Waals surface area contributed by atoms with Crippen LogP contribution in [-0.4, -0.2) is 73.4 Å². The lowest BCUT2D eigenvalue weighted by atomic mass is 10.1. The van der Waals surface area contributed by atoms with Gasteiger partial charge in [-0.2, -0.15) is 0 Å². The molecule has 1 amide bonds. The Morgan fingerprint density at radius 3 is 1.54 bits per heavy atom. The number of hydrogen-bond donors (Lipinski definition) is 3. The minimum Gasteiger partial charge on any atom is -0.387 e. The van der Waals surface area contributed by atoms with Crippen LogP contribution < -0.4 is 5.32 Å². The number of unbranched alkanes of at least 4 members (excludes halogenated alkanes) is 21. The van der Waals surface area contributed by atoms with Crippen molar-refractivity contribution in [3.63, 3.8) is 0 Å². The Balaban J connectivity index is 4.49. The maximum Gasteiger partial charge on any atom is 0.472 e. The van der Waals surface area contributed by atoms with Crippen molar-refractivity contribution in [2.24, 2.45) is 0 Å². The van der Waals surface area contributed by atoms with Gasteiger partial charge in [0.05, 0.1) is 39.9 Å². The summed E-state index contributed by atoms with van der Waals surface area (Å²) in [5.41, 5.74) is 0. The Hall–Kier alpha value is -1.28. The number of aliphatic hydroxyl groups excluding tert-OH is 1. The third-order valence-electron chi connectivity index (χ3n) is 9.33. The molecule has 0 aromatic carbocycles. The van der Waals surface area contributed by atoms with E-state index >= 15 is 0 Å². The predicted octanol–water partition coefficient (Wildman–Crippen LogP) is 11.5. The first-order valence-corrected chi connectivity index (χ1v) is 22.9. The lowest BCUT2D eigenvalue weighted by Gasteiger charge is -2.25. The van der Waals surface area contributed by atoms with E-state index in [1.165, 1.54) is 122 Å². The van der Waals surface area contributed by atoms with E-state index < -0.39 is 20.0 Å². The molecular formula is C43H84N2O6P+. The molecule has 3 atom stereocenters. The van der Waals surface area contributed by atoms with E-state index in [0.717, 1.165) is 38.5 Å². The number of amides is 1. The molecule has 0 saturated heterocycles. The van der Waals surface area contributed by atoms with Gasteiger partial charge in [-0.15, -0.1) is 0 Å². The maximum absolute atomic E-state index is 12.8. The molecule has 0 aromatic rings. The molecule has 306 valence electrons. The van der Waals surface area contributed by atoms with Gasteiger partial charge in [0.15, 0.2) is 0 Å². The van der Waals surface area contributed by atoms with E-state index in [9.17, 15) is 19.4 Å². The van der Waals surface area contributed by atoms with Crippen molar-refractivity contribution in [3.05, 3.63) is 36.5 Å². The Labute approximate surface area is 321 Å². The van der Waals surface area contributed by atoms with Gasteiger partial charge in [0.2, 0.25) is 5.91 Å². The second-order valence-corrected chi connectivity index (χ2v) is 17.2. The van der Waals surface area contributed by atoms with Gasteiger partial charge in [-0.3, -0.25) is 13.8 Å². The van der Waals surface area contributed by atoms with E-state index in [1.54, 1.807) is 6.08 Å². The number of carbonyl (C=O) groups is 1. The van der Waals surface area contributed by atoms with Crippen LogP contribution in [0.25, 0.3) is 0 Å². The summed E-state index contributed by atoms with van der Waals surface area (Å²) < 4.78 is 23.5. The molecule has 3 N–H and O–H groups in total. The third-order valence-corrected chi connectivity index (χ3v) is 10.3. The first-order chi connectivity index (χ1) is 25.0. The number of likely N-dealkylation sites (N-methyl/N-ethyl adjacent to an activating group) is 1. The lowest BCUT2D eigenvalue weighted by molar-refractivity contribution is -0.870. The number of nitrogens with zero attached hydrogens (tertiary/aromatic N) is 1. The average Bonchev–Trinajstić information content (AvgIpc) is 3.09. The van der Waals surface area contributed by atoms with Crippen LogP contribution in [0.15, 0.2) is 36.5 Å². The fraction of sp³-hybridized carbons (Fsp3) is 0.837. The minimum atomic E-state index is -4.34. The molecule has 0 saturated carbocycles. The number of quaternary nitrogens is 1. The Bertz CT molecular complexity index is 948. The van der Waals surface area contributed by atoms with Crippen molar-refractivity contribution in [1.82, 2.24) is 5.32 Å². The van der Waals surface area contributed by atoms with Gasteiger partial charge in [0.25, 0.3) is 0 Å². The molecule has 1 unspecified atom stereocenters. The minimum absolute atomic E-state index is 0.0552. The molecule has 0 fully saturated rings. The van der Waals surface area contributed by atoms with Crippen LogP contribution in [0.3, 0.4) is 0 Å². The smallest absolute Gasteiger partial charge is 0.387 e. The van der Waals surface area contributed by atoms with E-state index in [0.29, 0.717) is 17.4 Å². The summed E-state index contributed by atoms with van der Waals surface area (Å²) in [7, 11) is 1.55. The molecule has 0 radical (unpaired) electrons. The van der Waals surface area contributed by atoms with Gasteiger partial charge in [0, 0.05) is 6.42 Å². The first-order valence-electron chi connectivity index (χ1n) is 21.4. The Kier molecular flexibility index (Phi) is 34.6. The number of allylic oxidation sites excluding steroid dienone is 5. The van der Waals surface area contributed by atoms with E-state index in [1.807, 2.05) is 27.2 Å². The Morgan fingerprint density at radius 2 is 1.06 bits per heavy atom. The molecule has 0 heterocycles. The van der Waals surface area contributed by atoms with E-state index in [-0.39, 0.29) is 19.1 Å². The van der Waals surface area contributed by atoms with Gasteiger partial charge in [0.1, 0.15) is 13.2 Å². The monoisotopic (exact) mass is 756 g/mol. The zero-order valence-electron chi connectivity index (χ0n) is 34.5. The number of carbonyl (C=O) groups excluding carboxylic acids is 1. The fourth-order valence-electron chi connectivity index (χ4n) is 5.87. The summed E-state index contributed by atoms with van der Waals surface area (Å²) in [5, 5.41) is 13.8. The van der Waals surface area contributed by atoms with Gasteiger partial charge >= 0.3 is 7.82 Å². The van der Waals surface area contributed by atoms with E-state index in [4.69, 9.17) is 9.05 Å². The topological polar surface area (TPSA) is 105 Å². The first kappa shape index (κ1) is 50.7. The molecule has 0 spiro atoms. The zero-order chi connectivity index (χ0) is 38.6. The summed E-state index contributed by atoms with van der Waals surface area (Å²) >= 11 is 0. The van der Waals surface area contributed by atoms with Crippen LogP contribution in [-0.2, 0) is 18.4 Å². The lowest BCUT2D eigenvalue weighted by Crippen LogP contribution is -2.45. The number of rotatable bonds is 38. The molecule has 0 aromatic heterocycles. The zero-order valence-corrected chi connectivity index (χ0v) is 35.4. The highest BCUT2D eigenvalue weighted by molar-refractivity contribution is 7.47. The average molecular weight is 756 g/mol. The summed E-state index contributed by atoms with van der Waals surface area (Å²) in [6.07, 6.45) is 42.1. The van der Waals surface area contributed by atoms with Gasteiger partial charge in [-0.25, -0.2) is 4.57 Å². The summed E-state index contributed by atoms with van der Waals surface area (Å²) in [6, 6.07) is -0.862. The van der Waals surface area contributed by atoms with Crippen LogP contribution >= 0.6 is 7.82 Å². The Morgan fingerprint density at radius 1 is 0.635 bits per heavy atom. The van der Waals surface area contributed by atoms with Crippen molar-refractivity contribution in [3.8, 4) is 0 Å². The molecule has 0 aliphatic carbocycles. The number of nitrogens with one attached hydrogen (secondary N) is 1. The molecule has 52 heavy (non-hydrogen) atoms. The highest BCUT2D eigenvalue weighted by Crippen LogP contribution is 2.43. The molecule has 0 rings (SSSR count). The van der Waals surface area contributed by atoms with Crippen molar-refractivity contribution in [2.45, 2.75) is 193 Å². The van der Waals surface area contributed by atoms with E-state index in [2.05, 4.69) is 43.5 Å². The second kappa shape index (κ2) is 35.4. The maximum atomic E-state index is 12.8. The van der Waals surface area contributed by atoms with Gasteiger partial charge in [-0.05, 0) is 57.8 Å². The van der Waals surface area contributed by atoms with Gasteiger partial charge in [-0.1, -0.05) is 153 Å². The highest BCUT2D eigenvalue weighted by atomic mass is 31.2. The normalized spacial score (nSPS) is 14.8. The van der Waals surface area contributed by atoms with Crippen molar-refractivity contribution >= 4 is 13.7 Å². The fourth-order valence-corrected chi connectivity index (χ4v) is 6.61. The molecule has 0 bridgehead atoms. The summed E-state index contributed by atoms with van der Waals surface area (Å²) in [5.74, 6) is -0.194. The number of aliphatic hydroxyl groups is 1. The van der Waals surface area contributed by atoms with Crippen LogP contribution in [0.2, 0.25) is 0 Å². The van der Waals surface area contributed by atoms with Crippen molar-refractivity contribution in [1.29, 1.82) is 0 Å². The number of phosphoric acid groups is 1. The van der Waals surface area contributed by atoms with Crippen LogP contribution in [0.5, 0.6) is 0 Å². The standard InChI is InChI=1S/C43H83N2O6P/c1-6-8-10-12-14-16-18-20-21-22-23-25-27-29-31-33-35-37-43(47)44-41(40-51-52(48,49)50-39-38-45(3,4)5)42(46)36-34-32-30-28-26-24-19-17-15-13-11-9-7-2/h20-21,26,28,34,36,41-42,46H,6-19,22-25,27,29-33,35,37-40H2,1-5H3,(H-,44,47,48,49)/p+1/b21-20+,28-26+,36-34+/t41-,42+/m0/s1.